The second-order valence-electron chi connectivity index (χ2n) is 8.46. The molecule has 0 saturated heterocycles. The van der Waals surface area contributed by atoms with Crippen LogP contribution < -0.4 is 15.0 Å². The summed E-state index contributed by atoms with van der Waals surface area (Å²) in [4.78, 5) is 18.2. The number of halogens is 5. The first-order valence-electron chi connectivity index (χ1n) is 11.5. The first-order chi connectivity index (χ1) is 18.1. The van der Waals surface area contributed by atoms with Crippen molar-refractivity contribution in [1.29, 1.82) is 0 Å². The van der Waals surface area contributed by atoms with Crippen molar-refractivity contribution in [2.75, 3.05) is 7.11 Å². The predicted molar refractivity (Wildman–Crippen MR) is 162 cm³/mol. The summed E-state index contributed by atoms with van der Waals surface area (Å²) in [7, 11) is 1.52. The number of benzene rings is 3. The lowest BCUT2D eigenvalue weighted by molar-refractivity contribution is 0.284. The van der Waals surface area contributed by atoms with E-state index in [1.165, 1.54) is 11.8 Å². The molecule has 38 heavy (non-hydrogen) atoms. The minimum absolute atomic E-state index is 0.00612. The van der Waals surface area contributed by atoms with E-state index in [1.807, 2.05) is 32.0 Å². The van der Waals surface area contributed by atoms with Gasteiger partial charge in [-0.3, -0.25) is 4.79 Å². The average Bonchev–Trinajstić information content (AvgIpc) is 2.91. The molecule has 0 bridgehead atoms. The van der Waals surface area contributed by atoms with E-state index in [0.717, 1.165) is 16.5 Å². The molecule has 0 unspecified atom stereocenters. The first kappa shape index (κ1) is 28.9. The SMILES string of the molecule is CC[C@@H](C)c1nc2ccc(Br)cc2c(=O)n1N=Cc1cc(OC)c(OCc2ccc(Cl)c(Cl)c2)c(Cl)c1Br. The zero-order chi connectivity index (χ0) is 27.6. The molecule has 4 aromatic rings. The second-order valence-corrected chi connectivity index (χ2v) is 11.4. The van der Waals surface area contributed by atoms with Gasteiger partial charge in [0.25, 0.3) is 5.56 Å². The van der Waals surface area contributed by atoms with E-state index in [2.05, 4.69) is 37.0 Å². The highest BCUT2D eigenvalue weighted by Crippen LogP contribution is 2.42. The van der Waals surface area contributed by atoms with Crippen molar-refractivity contribution in [2.45, 2.75) is 32.8 Å². The summed E-state index contributed by atoms with van der Waals surface area (Å²) in [6.07, 6.45) is 2.33. The molecular formula is C27H22Br2Cl3N3O3. The summed E-state index contributed by atoms with van der Waals surface area (Å²) in [6, 6.07) is 12.4. The van der Waals surface area contributed by atoms with Crippen LogP contribution in [-0.4, -0.2) is 23.0 Å². The zero-order valence-corrected chi connectivity index (χ0v) is 26.0. The minimum atomic E-state index is -0.265. The van der Waals surface area contributed by atoms with E-state index < -0.39 is 0 Å². The largest absolute Gasteiger partial charge is 0.493 e. The third kappa shape index (κ3) is 6.05. The minimum Gasteiger partial charge on any atom is -0.493 e. The Balaban J connectivity index is 1.74. The maximum atomic E-state index is 13.4. The van der Waals surface area contributed by atoms with Gasteiger partial charge < -0.3 is 9.47 Å². The van der Waals surface area contributed by atoms with Gasteiger partial charge in [0.15, 0.2) is 11.5 Å². The zero-order valence-electron chi connectivity index (χ0n) is 20.6. The fourth-order valence-corrected chi connectivity index (χ4v) is 5.00. The molecule has 0 amide bonds. The van der Waals surface area contributed by atoms with E-state index in [4.69, 9.17) is 49.3 Å². The van der Waals surface area contributed by atoms with E-state index in [9.17, 15) is 4.79 Å². The number of nitrogens with zero attached hydrogens (tertiary/aromatic N) is 3. The van der Waals surface area contributed by atoms with Crippen molar-refractivity contribution >= 4 is 83.8 Å². The molecule has 0 aliphatic heterocycles. The molecule has 1 aromatic heterocycles. The molecule has 1 atom stereocenters. The summed E-state index contributed by atoms with van der Waals surface area (Å²) in [5.41, 5.74) is 1.75. The van der Waals surface area contributed by atoms with Gasteiger partial charge in [-0.15, -0.1) is 0 Å². The molecule has 4 rings (SSSR count). The van der Waals surface area contributed by atoms with Crippen LogP contribution in [0.3, 0.4) is 0 Å². The lowest BCUT2D eigenvalue weighted by Crippen LogP contribution is -2.23. The Hall–Kier alpha value is -2.10. The van der Waals surface area contributed by atoms with Crippen LogP contribution in [0, 0.1) is 0 Å². The summed E-state index contributed by atoms with van der Waals surface area (Å²) in [6.45, 7) is 4.24. The van der Waals surface area contributed by atoms with Crippen LogP contribution in [0.1, 0.15) is 43.1 Å². The Labute approximate surface area is 251 Å². The van der Waals surface area contributed by atoms with Gasteiger partial charge >= 0.3 is 0 Å². The van der Waals surface area contributed by atoms with E-state index in [0.29, 0.717) is 53.3 Å². The normalized spacial score (nSPS) is 12.3. The van der Waals surface area contributed by atoms with Crippen LogP contribution in [-0.2, 0) is 6.61 Å². The Morgan fingerprint density at radius 1 is 1.11 bits per heavy atom. The van der Waals surface area contributed by atoms with E-state index >= 15 is 0 Å². The van der Waals surface area contributed by atoms with Gasteiger partial charge in [0, 0.05) is 20.4 Å². The molecule has 0 saturated carbocycles. The molecule has 11 heteroatoms. The topological polar surface area (TPSA) is 65.7 Å². The molecule has 0 N–H and O–H groups in total. The molecule has 0 spiro atoms. The highest BCUT2D eigenvalue weighted by Gasteiger charge is 2.19. The Morgan fingerprint density at radius 3 is 2.55 bits per heavy atom. The van der Waals surface area contributed by atoms with Crippen molar-refractivity contribution in [2.24, 2.45) is 5.10 Å². The van der Waals surface area contributed by atoms with Gasteiger partial charge in [0.05, 0.1) is 34.3 Å². The number of ether oxygens (including phenoxy) is 2. The number of hydrogen-bond acceptors (Lipinski definition) is 5. The molecule has 0 aliphatic rings. The van der Waals surface area contributed by atoms with Gasteiger partial charge in [-0.2, -0.15) is 9.78 Å². The van der Waals surface area contributed by atoms with Gasteiger partial charge in [-0.05, 0) is 64.3 Å². The van der Waals surface area contributed by atoms with Crippen LogP contribution in [0.5, 0.6) is 11.5 Å². The number of rotatable bonds is 8. The number of methoxy groups -OCH3 is 1. The predicted octanol–water partition coefficient (Wildman–Crippen LogP) is 8.86. The molecular weight excluding hydrogens is 680 g/mol. The van der Waals surface area contributed by atoms with Crippen molar-refractivity contribution in [3.05, 3.63) is 93.8 Å². The Kier molecular flexibility index (Phi) is 9.42. The van der Waals surface area contributed by atoms with E-state index in [1.54, 1.807) is 30.5 Å². The van der Waals surface area contributed by atoms with Crippen molar-refractivity contribution in [1.82, 2.24) is 9.66 Å². The summed E-state index contributed by atoms with van der Waals surface area (Å²) < 4.78 is 14.2. The molecule has 0 aliphatic carbocycles. The number of hydrogen-bond donors (Lipinski definition) is 0. The van der Waals surface area contributed by atoms with Crippen LogP contribution in [0.4, 0.5) is 0 Å². The molecule has 0 fully saturated rings. The Bertz CT molecular complexity index is 1610. The lowest BCUT2D eigenvalue weighted by atomic mass is 10.1. The van der Waals surface area contributed by atoms with Gasteiger partial charge in [-0.25, -0.2) is 4.98 Å². The van der Waals surface area contributed by atoms with Crippen molar-refractivity contribution in [3.63, 3.8) is 0 Å². The van der Waals surface area contributed by atoms with Gasteiger partial charge in [0.1, 0.15) is 17.5 Å². The Morgan fingerprint density at radius 2 is 1.87 bits per heavy atom. The van der Waals surface area contributed by atoms with E-state index in [-0.39, 0.29) is 18.1 Å². The maximum Gasteiger partial charge on any atom is 0.282 e. The number of aromatic nitrogens is 2. The summed E-state index contributed by atoms with van der Waals surface area (Å²) >= 11 is 25.8. The van der Waals surface area contributed by atoms with Crippen LogP contribution in [0.2, 0.25) is 15.1 Å². The molecule has 6 nitrogen and oxygen atoms in total. The summed E-state index contributed by atoms with van der Waals surface area (Å²) in [5, 5.41) is 6.18. The van der Waals surface area contributed by atoms with Gasteiger partial charge in [-0.1, -0.05) is 70.6 Å². The van der Waals surface area contributed by atoms with Crippen LogP contribution >= 0.6 is 66.7 Å². The quantitative estimate of drug-likeness (QED) is 0.172. The molecule has 198 valence electrons. The first-order valence-corrected chi connectivity index (χ1v) is 14.3. The number of fused-ring (bicyclic) bond motifs is 1. The third-order valence-electron chi connectivity index (χ3n) is 5.94. The van der Waals surface area contributed by atoms with Crippen molar-refractivity contribution in [3.8, 4) is 11.5 Å². The fraction of sp³-hybridized carbons (Fsp3) is 0.222. The second kappa shape index (κ2) is 12.4. The maximum absolute atomic E-state index is 13.4. The molecule has 3 aromatic carbocycles. The average molecular weight is 703 g/mol. The summed E-state index contributed by atoms with van der Waals surface area (Å²) in [5.74, 6) is 1.32. The third-order valence-corrected chi connectivity index (χ3v) is 8.62. The highest BCUT2D eigenvalue weighted by atomic mass is 79.9. The standard InChI is InChI=1S/C27H22Br2Cl3N3O3/c1-4-14(2)26-34-21-8-6-17(28)11-18(21)27(36)35(26)33-12-16-10-22(37-3)25(24(32)23(16)29)38-13-15-5-7-19(30)20(31)9-15/h5-12,14H,4,13H2,1-3H3/t14-/m1/s1. The van der Waals surface area contributed by atoms with Crippen LogP contribution in [0.15, 0.2) is 61.3 Å². The lowest BCUT2D eigenvalue weighted by Gasteiger charge is -2.16. The highest BCUT2D eigenvalue weighted by molar-refractivity contribution is 9.10. The smallest absolute Gasteiger partial charge is 0.282 e. The van der Waals surface area contributed by atoms with Crippen molar-refractivity contribution < 1.29 is 9.47 Å². The van der Waals surface area contributed by atoms with Gasteiger partial charge in [0.2, 0.25) is 0 Å². The fourth-order valence-electron chi connectivity index (χ4n) is 3.67. The monoisotopic (exact) mass is 699 g/mol. The molecule has 1 heterocycles. The molecule has 0 radical (unpaired) electrons. The van der Waals surface area contributed by atoms with Crippen LogP contribution in [0.25, 0.3) is 10.9 Å².